The van der Waals surface area contributed by atoms with Crippen LogP contribution in [0.5, 0.6) is 23.5 Å². The fourth-order valence-electron chi connectivity index (χ4n) is 5.59. The molecule has 0 atom stereocenters. The topological polar surface area (TPSA) is 111 Å². The first-order valence-corrected chi connectivity index (χ1v) is 14.5. The molecule has 1 aliphatic carbocycles. The molecule has 1 N–H and O–H groups in total. The van der Waals surface area contributed by atoms with Crippen LogP contribution >= 0.6 is 0 Å². The molecule has 11 nitrogen and oxygen atoms in total. The molecule has 2 aromatic heterocycles. The van der Waals surface area contributed by atoms with E-state index in [1.54, 1.807) is 12.1 Å². The first-order chi connectivity index (χ1) is 20.2. The maximum Gasteiger partial charge on any atom is 0.291 e. The van der Waals surface area contributed by atoms with Crippen LogP contribution < -0.4 is 24.4 Å². The van der Waals surface area contributed by atoms with Gasteiger partial charge in [-0.2, -0.15) is 9.97 Å². The molecule has 2 aliphatic rings. The molecule has 226 valence electrons. The second kappa shape index (κ2) is 12.6. The number of aryl methyl sites for hydroxylation is 2. The highest BCUT2D eigenvalue weighted by Crippen LogP contribution is 2.44. The van der Waals surface area contributed by atoms with E-state index in [1.165, 1.54) is 37.2 Å². The number of methoxy groups -OCH3 is 2. The highest BCUT2D eigenvalue weighted by Gasteiger charge is 2.32. The van der Waals surface area contributed by atoms with E-state index < -0.39 is 0 Å². The van der Waals surface area contributed by atoms with Crippen LogP contribution in [0, 0.1) is 6.92 Å². The summed E-state index contributed by atoms with van der Waals surface area (Å²) in [5.41, 5.74) is 4.02. The van der Waals surface area contributed by atoms with E-state index in [2.05, 4.69) is 46.2 Å². The van der Waals surface area contributed by atoms with Gasteiger partial charge in [-0.05, 0) is 60.9 Å². The summed E-state index contributed by atoms with van der Waals surface area (Å²) in [6, 6.07) is 7.65. The quantitative estimate of drug-likeness (QED) is 0.303. The molecule has 11 heteroatoms. The third-order valence-electron chi connectivity index (χ3n) is 7.93. The van der Waals surface area contributed by atoms with Crippen molar-refractivity contribution in [2.24, 2.45) is 0 Å². The molecule has 1 amide bonds. The average molecular weight is 580 g/mol. The smallest absolute Gasteiger partial charge is 0.291 e. The number of amides is 1. The van der Waals surface area contributed by atoms with Gasteiger partial charge in [0.15, 0.2) is 5.69 Å². The summed E-state index contributed by atoms with van der Waals surface area (Å²) < 4.78 is 28.8. The summed E-state index contributed by atoms with van der Waals surface area (Å²) in [6.07, 6.45) is 3.08. The molecular weight excluding hydrogens is 538 g/mol. The van der Waals surface area contributed by atoms with Crippen molar-refractivity contribution in [3.8, 4) is 23.5 Å². The van der Waals surface area contributed by atoms with Gasteiger partial charge in [0, 0.05) is 38.7 Å². The molecule has 1 saturated heterocycles. The van der Waals surface area contributed by atoms with E-state index >= 15 is 0 Å². The maximum atomic E-state index is 13.0. The normalized spacial score (nSPS) is 16.1. The van der Waals surface area contributed by atoms with Gasteiger partial charge in [-0.3, -0.25) is 9.69 Å². The number of benzene rings is 1. The van der Waals surface area contributed by atoms with E-state index in [9.17, 15) is 4.79 Å². The third-order valence-corrected chi connectivity index (χ3v) is 7.93. The van der Waals surface area contributed by atoms with Crippen LogP contribution in [-0.4, -0.2) is 74.4 Å². The minimum absolute atomic E-state index is 0.0950. The molecule has 3 heterocycles. The Hall–Kier alpha value is -3.83. The monoisotopic (exact) mass is 579 g/mol. The number of hydrogen-bond donors (Lipinski definition) is 1. The second-order valence-corrected chi connectivity index (χ2v) is 11.4. The van der Waals surface area contributed by atoms with Gasteiger partial charge in [-0.1, -0.05) is 19.9 Å². The summed E-state index contributed by atoms with van der Waals surface area (Å²) in [7, 11) is 2.97. The summed E-state index contributed by atoms with van der Waals surface area (Å²) in [6.45, 7) is 13.0. The molecule has 5 rings (SSSR count). The third kappa shape index (κ3) is 6.32. The van der Waals surface area contributed by atoms with Crippen molar-refractivity contribution in [1.29, 1.82) is 0 Å². The summed E-state index contributed by atoms with van der Waals surface area (Å²) in [4.78, 5) is 25.7. The lowest BCUT2D eigenvalue weighted by molar-refractivity contribution is -0.116. The number of rotatable bonds is 11. The Balaban J connectivity index is 1.35. The van der Waals surface area contributed by atoms with Gasteiger partial charge in [0.05, 0.1) is 27.4 Å². The zero-order chi connectivity index (χ0) is 29.9. The zero-order valence-electron chi connectivity index (χ0n) is 25.4. The van der Waals surface area contributed by atoms with Crippen LogP contribution in [0.2, 0.25) is 0 Å². The molecule has 0 saturated carbocycles. The van der Waals surface area contributed by atoms with Crippen LogP contribution in [0.15, 0.2) is 28.7 Å². The zero-order valence-corrected chi connectivity index (χ0v) is 25.4. The summed E-state index contributed by atoms with van der Waals surface area (Å²) in [5.74, 6) is 1.55. The fourth-order valence-corrected chi connectivity index (χ4v) is 5.59. The average Bonchev–Trinajstić information content (AvgIpc) is 3.55. The van der Waals surface area contributed by atoms with Crippen molar-refractivity contribution >= 4 is 23.4 Å². The van der Waals surface area contributed by atoms with E-state index in [-0.39, 0.29) is 40.6 Å². The van der Waals surface area contributed by atoms with Crippen LogP contribution in [0.3, 0.4) is 0 Å². The van der Waals surface area contributed by atoms with Crippen LogP contribution in [0.1, 0.15) is 50.3 Å². The van der Waals surface area contributed by atoms with Crippen LogP contribution in [0.25, 0.3) is 0 Å². The van der Waals surface area contributed by atoms with Crippen molar-refractivity contribution in [3.63, 3.8) is 0 Å². The number of ether oxygens (including phenoxy) is 4. The van der Waals surface area contributed by atoms with Crippen molar-refractivity contribution in [3.05, 3.63) is 41.0 Å². The number of furan rings is 1. The first kappa shape index (κ1) is 29.7. The Morgan fingerprint density at radius 2 is 1.83 bits per heavy atom. The van der Waals surface area contributed by atoms with Gasteiger partial charge in [-0.25, -0.2) is 4.90 Å². The molecule has 0 bridgehead atoms. The lowest BCUT2D eigenvalue weighted by Crippen LogP contribution is -2.37. The van der Waals surface area contributed by atoms with E-state index in [4.69, 9.17) is 23.4 Å². The van der Waals surface area contributed by atoms with Gasteiger partial charge < -0.3 is 28.7 Å². The number of carbonyl (C=O) groups excluding carboxylic acids is 1. The standard InChI is InChI=1S/C31H41N5O6/c1-20-18-22-10-11-31(3,4)23(22)19-24(20)41-26-9-8-25(42-26)36(21(2)37)27-28(38-5)33-30(34-29(27)39-6)32-12-7-13-35-14-16-40-17-15-35/h8-9,18-19H,7,10-17H2,1-6H3,(H,32,33,34). The van der Waals surface area contributed by atoms with Crippen LogP contribution in [-0.2, 0) is 21.4 Å². The largest absolute Gasteiger partial charge is 0.479 e. The van der Waals surface area contributed by atoms with E-state index in [0.717, 1.165) is 63.4 Å². The van der Waals surface area contributed by atoms with Gasteiger partial charge in [0.25, 0.3) is 5.95 Å². The lowest BCUT2D eigenvalue weighted by atomic mass is 9.86. The number of nitrogens with one attached hydrogen (secondary N) is 1. The summed E-state index contributed by atoms with van der Waals surface area (Å²) >= 11 is 0. The Bertz CT molecular complexity index is 1390. The van der Waals surface area contributed by atoms with Crippen molar-refractivity contribution in [2.75, 3.05) is 63.8 Å². The van der Waals surface area contributed by atoms with Gasteiger partial charge >= 0.3 is 0 Å². The van der Waals surface area contributed by atoms with Gasteiger partial charge in [0.1, 0.15) is 5.75 Å². The van der Waals surface area contributed by atoms with E-state index in [1.807, 2.05) is 6.92 Å². The molecule has 1 aromatic carbocycles. The van der Waals surface area contributed by atoms with Crippen molar-refractivity contribution in [2.45, 2.75) is 52.4 Å². The molecule has 0 spiro atoms. The molecule has 0 radical (unpaired) electrons. The minimum atomic E-state index is -0.335. The SMILES string of the molecule is COc1nc(NCCCN2CCOCC2)nc(OC)c1N(C(C)=O)c1ccc(Oc2cc3c(cc2C)CCC3(C)C)o1. The van der Waals surface area contributed by atoms with E-state index in [0.29, 0.717) is 12.5 Å². The predicted molar refractivity (Wildman–Crippen MR) is 160 cm³/mol. The Morgan fingerprint density at radius 1 is 1.12 bits per heavy atom. The highest BCUT2D eigenvalue weighted by molar-refractivity contribution is 6.00. The second-order valence-electron chi connectivity index (χ2n) is 11.4. The number of anilines is 3. The lowest BCUT2D eigenvalue weighted by Gasteiger charge is -2.26. The Labute approximate surface area is 247 Å². The number of fused-ring (bicyclic) bond motifs is 1. The number of morpholine rings is 1. The molecular formula is C31H41N5O6. The summed E-state index contributed by atoms with van der Waals surface area (Å²) in [5, 5.41) is 3.24. The Kier molecular flexibility index (Phi) is 8.88. The fraction of sp³-hybridized carbons (Fsp3) is 0.516. The number of aromatic nitrogens is 2. The molecule has 0 unspecified atom stereocenters. The highest BCUT2D eigenvalue weighted by atomic mass is 16.6. The number of hydrogen-bond acceptors (Lipinski definition) is 10. The maximum absolute atomic E-state index is 13.0. The van der Waals surface area contributed by atoms with Crippen molar-refractivity contribution in [1.82, 2.24) is 14.9 Å². The van der Waals surface area contributed by atoms with Gasteiger partial charge in [0.2, 0.25) is 29.5 Å². The molecule has 3 aromatic rings. The number of nitrogens with zero attached hydrogens (tertiary/aromatic N) is 4. The minimum Gasteiger partial charge on any atom is -0.479 e. The molecule has 1 aliphatic heterocycles. The first-order valence-electron chi connectivity index (χ1n) is 14.5. The van der Waals surface area contributed by atoms with Gasteiger partial charge in [-0.15, -0.1) is 0 Å². The predicted octanol–water partition coefficient (Wildman–Crippen LogP) is 5.23. The van der Waals surface area contributed by atoms with Crippen molar-refractivity contribution < 1.29 is 28.2 Å². The number of carbonyl (C=O) groups is 1. The molecule has 42 heavy (non-hydrogen) atoms. The van der Waals surface area contributed by atoms with Crippen LogP contribution in [0.4, 0.5) is 17.5 Å². The Morgan fingerprint density at radius 3 is 2.50 bits per heavy atom. The molecule has 1 fully saturated rings.